The highest BCUT2D eigenvalue weighted by Crippen LogP contribution is 2.19. The van der Waals surface area contributed by atoms with E-state index < -0.39 is 0 Å². The number of morpholine rings is 1. The van der Waals surface area contributed by atoms with Crippen LogP contribution >= 0.6 is 0 Å². The summed E-state index contributed by atoms with van der Waals surface area (Å²) in [5.74, 6) is -0.0638. The van der Waals surface area contributed by atoms with Crippen LogP contribution in [0.3, 0.4) is 0 Å². The van der Waals surface area contributed by atoms with Crippen molar-refractivity contribution in [3.05, 3.63) is 61.4 Å². The second-order valence-electron chi connectivity index (χ2n) is 6.52. The topological polar surface area (TPSA) is 50.4 Å². The molecule has 1 saturated heterocycles. The third-order valence-electron chi connectivity index (χ3n) is 4.77. The van der Waals surface area contributed by atoms with Crippen molar-refractivity contribution >= 4 is 34.5 Å². The van der Waals surface area contributed by atoms with Gasteiger partial charge in [-0.15, -0.1) is 0 Å². The zero-order valence-electron chi connectivity index (χ0n) is 15.2. The van der Waals surface area contributed by atoms with E-state index in [0.29, 0.717) is 0 Å². The van der Waals surface area contributed by atoms with Crippen LogP contribution in [-0.4, -0.2) is 36.8 Å². The lowest BCUT2D eigenvalue weighted by molar-refractivity contribution is -0.658. The molecule has 0 spiro atoms. The van der Waals surface area contributed by atoms with Crippen molar-refractivity contribution in [2.45, 2.75) is 6.54 Å². The summed E-state index contributed by atoms with van der Waals surface area (Å²) >= 11 is 0. The number of hydrogen-bond acceptors (Lipinski definition) is 3. The molecule has 2 aromatic carbocycles. The van der Waals surface area contributed by atoms with E-state index in [1.807, 2.05) is 64.0 Å². The monoisotopic (exact) mass is 363 g/mol. The molecule has 0 aliphatic carbocycles. The summed E-state index contributed by atoms with van der Waals surface area (Å²) in [4.78, 5) is 14.8. The number of aromatic nitrogens is 2. The number of rotatable bonds is 5. The minimum atomic E-state index is -0.0638. The number of carbonyl (C=O) groups is 1. The van der Waals surface area contributed by atoms with E-state index in [9.17, 15) is 4.79 Å². The summed E-state index contributed by atoms with van der Waals surface area (Å²) in [5.41, 5.74) is 3.97. The molecule has 0 atom stereocenters. The van der Waals surface area contributed by atoms with E-state index in [4.69, 9.17) is 4.74 Å². The molecule has 0 unspecified atom stereocenters. The molecule has 4 rings (SSSR count). The molecular formula is C21H23N4O2+. The molecule has 2 heterocycles. The van der Waals surface area contributed by atoms with Crippen molar-refractivity contribution in [1.82, 2.24) is 4.57 Å². The van der Waals surface area contributed by atoms with Gasteiger partial charge in [-0.25, -0.2) is 9.13 Å². The minimum Gasteiger partial charge on any atom is -0.378 e. The number of hydrogen-bond donors (Lipinski definition) is 1. The standard InChI is InChI=1S/C21H22N4O2/c1-2-23-16-25(20-6-4-3-5-19(20)23)15-21(26)22-17-7-9-18(10-8-17)24-11-13-27-14-12-24/h2-10,16H,1,11-15H2/p+1. The van der Waals surface area contributed by atoms with Crippen LogP contribution < -0.4 is 14.8 Å². The fourth-order valence-corrected chi connectivity index (χ4v) is 3.40. The van der Waals surface area contributed by atoms with Gasteiger partial charge < -0.3 is 15.0 Å². The Morgan fingerprint density at radius 2 is 1.89 bits per heavy atom. The van der Waals surface area contributed by atoms with E-state index >= 15 is 0 Å². The Balaban J connectivity index is 1.44. The van der Waals surface area contributed by atoms with E-state index in [1.165, 1.54) is 0 Å². The Bertz CT molecular complexity index is 956. The predicted molar refractivity (Wildman–Crippen MR) is 107 cm³/mol. The molecule has 138 valence electrons. The first-order valence-corrected chi connectivity index (χ1v) is 9.09. The molecule has 1 aromatic heterocycles. The van der Waals surface area contributed by atoms with Crippen molar-refractivity contribution in [2.24, 2.45) is 0 Å². The zero-order chi connectivity index (χ0) is 18.6. The first-order chi connectivity index (χ1) is 13.2. The van der Waals surface area contributed by atoms with Crippen LogP contribution in [0.2, 0.25) is 0 Å². The average Bonchev–Trinajstić information content (AvgIpc) is 3.07. The average molecular weight is 363 g/mol. The quantitative estimate of drug-likeness (QED) is 0.709. The molecular weight excluding hydrogens is 340 g/mol. The predicted octanol–water partition coefficient (Wildman–Crippen LogP) is 2.50. The van der Waals surface area contributed by atoms with Crippen molar-refractivity contribution in [3.8, 4) is 0 Å². The van der Waals surface area contributed by atoms with Crippen LogP contribution in [0.25, 0.3) is 17.2 Å². The SMILES string of the molecule is C=Cn1c[n+](CC(=O)Nc2ccc(N3CCOCC3)cc2)c2ccccc21. The van der Waals surface area contributed by atoms with Gasteiger partial charge in [0.15, 0.2) is 17.6 Å². The maximum atomic E-state index is 12.5. The Labute approximate surface area is 158 Å². The van der Waals surface area contributed by atoms with Gasteiger partial charge in [0.1, 0.15) is 0 Å². The van der Waals surface area contributed by atoms with Gasteiger partial charge >= 0.3 is 0 Å². The van der Waals surface area contributed by atoms with Crippen LogP contribution in [0.1, 0.15) is 0 Å². The molecule has 1 aliphatic heterocycles. The highest BCUT2D eigenvalue weighted by atomic mass is 16.5. The summed E-state index contributed by atoms with van der Waals surface area (Å²) in [5, 5.41) is 2.97. The molecule has 1 fully saturated rings. The highest BCUT2D eigenvalue weighted by molar-refractivity contribution is 5.90. The van der Waals surface area contributed by atoms with E-state index in [0.717, 1.165) is 48.7 Å². The van der Waals surface area contributed by atoms with Gasteiger partial charge in [-0.3, -0.25) is 4.79 Å². The highest BCUT2D eigenvalue weighted by Gasteiger charge is 2.16. The number of anilines is 2. The Kier molecular flexibility index (Phi) is 4.89. The van der Waals surface area contributed by atoms with Crippen LogP contribution in [0.5, 0.6) is 0 Å². The molecule has 1 N–H and O–H groups in total. The van der Waals surface area contributed by atoms with Crippen LogP contribution in [-0.2, 0) is 16.1 Å². The van der Waals surface area contributed by atoms with E-state index in [1.54, 1.807) is 6.20 Å². The summed E-state index contributed by atoms with van der Waals surface area (Å²) in [6.45, 7) is 7.38. The molecule has 0 radical (unpaired) electrons. The third kappa shape index (κ3) is 3.71. The second-order valence-corrected chi connectivity index (χ2v) is 6.52. The number of amides is 1. The van der Waals surface area contributed by atoms with Crippen molar-refractivity contribution < 1.29 is 14.1 Å². The fraction of sp³-hybridized carbons (Fsp3) is 0.238. The summed E-state index contributed by atoms with van der Waals surface area (Å²) in [6.07, 6.45) is 3.62. The van der Waals surface area contributed by atoms with Crippen molar-refractivity contribution in [1.29, 1.82) is 0 Å². The van der Waals surface area contributed by atoms with E-state index in [2.05, 4.69) is 16.8 Å². The number of carbonyl (C=O) groups excluding carboxylic acids is 1. The lowest BCUT2D eigenvalue weighted by Crippen LogP contribution is -2.39. The number of ether oxygens (including phenoxy) is 1. The zero-order valence-corrected chi connectivity index (χ0v) is 15.2. The first kappa shape index (κ1) is 17.3. The minimum absolute atomic E-state index is 0.0638. The van der Waals surface area contributed by atoms with Crippen LogP contribution in [0.15, 0.2) is 61.4 Å². The number of fused-ring (bicyclic) bond motifs is 1. The Morgan fingerprint density at radius 1 is 1.15 bits per heavy atom. The van der Waals surface area contributed by atoms with Gasteiger partial charge in [0.05, 0.1) is 19.4 Å². The van der Waals surface area contributed by atoms with Gasteiger partial charge in [-0.2, -0.15) is 0 Å². The summed E-state index contributed by atoms with van der Waals surface area (Å²) < 4.78 is 9.23. The Hall–Kier alpha value is -3.12. The number of nitrogens with zero attached hydrogens (tertiary/aromatic N) is 3. The second kappa shape index (κ2) is 7.63. The maximum absolute atomic E-state index is 12.5. The normalized spacial score (nSPS) is 14.3. The molecule has 0 saturated carbocycles. The Morgan fingerprint density at radius 3 is 2.63 bits per heavy atom. The lowest BCUT2D eigenvalue weighted by atomic mass is 10.2. The smallest absolute Gasteiger partial charge is 0.266 e. The van der Waals surface area contributed by atoms with Gasteiger partial charge in [0, 0.05) is 24.5 Å². The van der Waals surface area contributed by atoms with Gasteiger partial charge in [-0.1, -0.05) is 18.7 Å². The number of para-hydroxylation sites is 2. The van der Waals surface area contributed by atoms with Crippen molar-refractivity contribution in [2.75, 3.05) is 36.5 Å². The number of nitrogens with one attached hydrogen (secondary N) is 1. The van der Waals surface area contributed by atoms with Crippen molar-refractivity contribution in [3.63, 3.8) is 0 Å². The van der Waals surface area contributed by atoms with Crippen LogP contribution in [0, 0.1) is 0 Å². The summed E-state index contributed by atoms with van der Waals surface area (Å²) in [7, 11) is 0. The molecule has 3 aromatic rings. The first-order valence-electron chi connectivity index (χ1n) is 9.09. The van der Waals surface area contributed by atoms with Gasteiger partial charge in [-0.05, 0) is 36.4 Å². The number of imidazole rings is 1. The third-order valence-corrected chi connectivity index (χ3v) is 4.77. The molecule has 1 amide bonds. The molecule has 6 nitrogen and oxygen atoms in total. The number of benzene rings is 2. The lowest BCUT2D eigenvalue weighted by Gasteiger charge is -2.28. The van der Waals surface area contributed by atoms with Crippen LogP contribution in [0.4, 0.5) is 11.4 Å². The fourth-order valence-electron chi connectivity index (χ4n) is 3.40. The molecule has 27 heavy (non-hydrogen) atoms. The molecule has 0 bridgehead atoms. The molecule has 1 aliphatic rings. The van der Waals surface area contributed by atoms with E-state index in [-0.39, 0.29) is 12.5 Å². The van der Waals surface area contributed by atoms with Gasteiger partial charge in [0.2, 0.25) is 6.33 Å². The van der Waals surface area contributed by atoms with Gasteiger partial charge in [0.25, 0.3) is 5.91 Å². The molecule has 6 heteroatoms. The largest absolute Gasteiger partial charge is 0.378 e. The maximum Gasteiger partial charge on any atom is 0.266 e. The summed E-state index contributed by atoms with van der Waals surface area (Å²) in [6, 6.07) is 15.9.